The number of carboxylic acids is 1. The molecule has 0 aliphatic heterocycles. The smallest absolute Gasteiger partial charge is 0.344 e. The molecule has 0 bridgehead atoms. The average molecular weight is 463 g/mol. The summed E-state index contributed by atoms with van der Waals surface area (Å²) in [6, 6.07) is 11.4. The topological polar surface area (TPSA) is 78.9 Å². The van der Waals surface area contributed by atoms with E-state index in [4.69, 9.17) is 21.4 Å². The van der Waals surface area contributed by atoms with E-state index in [0.29, 0.717) is 24.0 Å². The normalized spacial score (nSPS) is 15.4. The fraction of sp³-hybridized carbons (Fsp3) is 0.417. The molecule has 0 radical (unpaired) electrons. The summed E-state index contributed by atoms with van der Waals surface area (Å²) in [5, 5.41) is 11.9. The third kappa shape index (κ3) is 6.93. The van der Waals surface area contributed by atoms with Crippen LogP contribution in [0.1, 0.15) is 44.6 Å². The number of hydrogen-bond acceptors (Lipinski definition) is 4. The summed E-state index contributed by atoms with van der Waals surface area (Å²) in [5.41, 5.74) is 1.38. The molecule has 2 aromatic rings. The van der Waals surface area contributed by atoms with E-state index in [0.717, 1.165) is 31.2 Å². The van der Waals surface area contributed by atoms with E-state index in [-0.39, 0.29) is 17.5 Å². The van der Waals surface area contributed by atoms with Gasteiger partial charge in [0.05, 0.1) is 17.3 Å². The molecule has 1 aliphatic rings. The van der Waals surface area contributed by atoms with Crippen LogP contribution >= 0.6 is 11.6 Å². The van der Waals surface area contributed by atoms with Crippen LogP contribution in [0, 0.1) is 5.82 Å². The minimum atomic E-state index is -1.02. The zero-order valence-corrected chi connectivity index (χ0v) is 18.8. The molecular formula is C24H28ClFN2O4. The SMILES string of the molecule is CC(Oc1ccc(CN(CC(=O)Nc2ccc(F)cc2Cl)C2CCCCC2)cc1)C(=O)O. The lowest BCUT2D eigenvalue weighted by Crippen LogP contribution is -2.41. The molecule has 1 saturated carbocycles. The van der Waals surface area contributed by atoms with Gasteiger partial charge in [0.15, 0.2) is 6.10 Å². The maximum atomic E-state index is 13.3. The molecule has 0 aromatic heterocycles. The molecule has 2 aromatic carbocycles. The molecule has 1 aliphatic carbocycles. The number of amides is 1. The Morgan fingerprint density at radius 2 is 1.88 bits per heavy atom. The van der Waals surface area contributed by atoms with Gasteiger partial charge in [-0.2, -0.15) is 0 Å². The summed E-state index contributed by atoms with van der Waals surface area (Å²) in [4.78, 5) is 25.9. The van der Waals surface area contributed by atoms with Gasteiger partial charge in [-0.3, -0.25) is 9.69 Å². The number of ether oxygens (including phenoxy) is 1. The first-order valence-electron chi connectivity index (χ1n) is 10.8. The zero-order chi connectivity index (χ0) is 23.1. The van der Waals surface area contributed by atoms with Gasteiger partial charge < -0.3 is 15.2 Å². The highest BCUT2D eigenvalue weighted by atomic mass is 35.5. The van der Waals surface area contributed by atoms with Crippen molar-refractivity contribution >= 4 is 29.2 Å². The van der Waals surface area contributed by atoms with Gasteiger partial charge in [0.2, 0.25) is 5.91 Å². The molecule has 2 N–H and O–H groups in total. The summed E-state index contributed by atoms with van der Waals surface area (Å²) in [6.07, 6.45) is 4.60. The Labute approximate surface area is 192 Å². The third-order valence-electron chi connectivity index (χ3n) is 5.61. The van der Waals surface area contributed by atoms with Crippen molar-refractivity contribution in [2.24, 2.45) is 0 Å². The van der Waals surface area contributed by atoms with Gasteiger partial charge in [-0.15, -0.1) is 0 Å². The monoisotopic (exact) mass is 462 g/mol. The van der Waals surface area contributed by atoms with Crippen molar-refractivity contribution in [3.8, 4) is 5.75 Å². The molecular weight excluding hydrogens is 435 g/mol. The molecule has 6 nitrogen and oxygen atoms in total. The maximum absolute atomic E-state index is 13.3. The number of carboxylic acid groups (broad SMARTS) is 1. The lowest BCUT2D eigenvalue weighted by molar-refractivity contribution is -0.144. The Balaban J connectivity index is 1.67. The Morgan fingerprint density at radius 1 is 1.19 bits per heavy atom. The Bertz CT molecular complexity index is 932. The maximum Gasteiger partial charge on any atom is 0.344 e. The molecule has 0 spiro atoms. The van der Waals surface area contributed by atoms with Crippen molar-refractivity contribution in [2.75, 3.05) is 11.9 Å². The highest BCUT2D eigenvalue weighted by Crippen LogP contribution is 2.26. The predicted molar refractivity (Wildman–Crippen MR) is 121 cm³/mol. The van der Waals surface area contributed by atoms with Crippen molar-refractivity contribution in [1.82, 2.24) is 4.90 Å². The summed E-state index contributed by atoms with van der Waals surface area (Å²) >= 11 is 6.04. The van der Waals surface area contributed by atoms with Crippen LogP contribution in [0.4, 0.5) is 10.1 Å². The van der Waals surface area contributed by atoms with E-state index in [2.05, 4.69) is 10.2 Å². The first-order chi connectivity index (χ1) is 15.3. The number of benzene rings is 2. The van der Waals surface area contributed by atoms with Crippen molar-refractivity contribution < 1.29 is 23.8 Å². The number of anilines is 1. The Morgan fingerprint density at radius 3 is 2.50 bits per heavy atom. The van der Waals surface area contributed by atoms with Crippen LogP contribution in [0.25, 0.3) is 0 Å². The first kappa shape index (κ1) is 24.0. The fourth-order valence-corrected chi connectivity index (χ4v) is 4.10. The van der Waals surface area contributed by atoms with E-state index < -0.39 is 17.9 Å². The van der Waals surface area contributed by atoms with Gasteiger partial charge in [-0.05, 0) is 55.7 Å². The number of halogens is 2. The molecule has 1 amide bonds. The van der Waals surface area contributed by atoms with Crippen LogP contribution in [0.15, 0.2) is 42.5 Å². The number of nitrogens with one attached hydrogen (secondary N) is 1. The van der Waals surface area contributed by atoms with Crippen LogP contribution in [0.5, 0.6) is 5.75 Å². The Hall–Kier alpha value is -2.64. The van der Waals surface area contributed by atoms with Crippen molar-refractivity contribution in [3.63, 3.8) is 0 Å². The lowest BCUT2D eigenvalue weighted by Gasteiger charge is -2.34. The van der Waals surface area contributed by atoms with Gasteiger partial charge in [-0.1, -0.05) is 43.0 Å². The number of carbonyl (C=O) groups excluding carboxylic acids is 1. The van der Waals surface area contributed by atoms with E-state index in [1.165, 1.54) is 31.5 Å². The molecule has 8 heteroatoms. The number of rotatable bonds is 9. The number of aliphatic carboxylic acids is 1. The van der Waals surface area contributed by atoms with Crippen LogP contribution in [0.2, 0.25) is 5.02 Å². The third-order valence-corrected chi connectivity index (χ3v) is 5.93. The minimum Gasteiger partial charge on any atom is -0.479 e. The zero-order valence-electron chi connectivity index (χ0n) is 18.0. The van der Waals surface area contributed by atoms with Gasteiger partial charge in [-0.25, -0.2) is 9.18 Å². The number of nitrogens with zero attached hydrogens (tertiary/aromatic N) is 1. The molecule has 32 heavy (non-hydrogen) atoms. The largest absolute Gasteiger partial charge is 0.479 e. The molecule has 0 heterocycles. The molecule has 172 valence electrons. The molecule has 1 atom stereocenters. The molecule has 1 unspecified atom stereocenters. The van der Waals surface area contributed by atoms with Crippen LogP contribution < -0.4 is 10.1 Å². The summed E-state index contributed by atoms with van der Waals surface area (Å²) in [7, 11) is 0. The van der Waals surface area contributed by atoms with Crippen molar-refractivity contribution in [2.45, 2.75) is 57.7 Å². The van der Waals surface area contributed by atoms with Gasteiger partial charge in [0.25, 0.3) is 0 Å². The Kier molecular flexibility index (Phi) is 8.47. The van der Waals surface area contributed by atoms with Crippen molar-refractivity contribution in [1.29, 1.82) is 0 Å². The first-order valence-corrected chi connectivity index (χ1v) is 11.2. The average Bonchev–Trinajstić information content (AvgIpc) is 2.77. The molecule has 1 fully saturated rings. The van der Waals surface area contributed by atoms with E-state index in [1.54, 1.807) is 12.1 Å². The molecule has 3 rings (SSSR count). The summed E-state index contributed by atoms with van der Waals surface area (Å²) in [6.45, 7) is 2.24. The second-order valence-electron chi connectivity index (χ2n) is 8.11. The quantitative estimate of drug-likeness (QED) is 0.541. The van der Waals surface area contributed by atoms with E-state index in [1.807, 2.05) is 12.1 Å². The summed E-state index contributed by atoms with van der Waals surface area (Å²) in [5.74, 6) is -1.21. The van der Waals surface area contributed by atoms with Gasteiger partial charge in [0.1, 0.15) is 11.6 Å². The van der Waals surface area contributed by atoms with Gasteiger partial charge in [0, 0.05) is 12.6 Å². The highest BCUT2D eigenvalue weighted by Gasteiger charge is 2.24. The fourth-order valence-electron chi connectivity index (χ4n) is 3.89. The van der Waals surface area contributed by atoms with Crippen LogP contribution in [-0.2, 0) is 16.1 Å². The highest BCUT2D eigenvalue weighted by molar-refractivity contribution is 6.33. The van der Waals surface area contributed by atoms with Crippen LogP contribution in [-0.4, -0.2) is 40.6 Å². The number of carbonyl (C=O) groups is 2. The summed E-state index contributed by atoms with van der Waals surface area (Å²) < 4.78 is 18.7. The predicted octanol–water partition coefficient (Wildman–Crippen LogP) is 5.10. The second kappa shape index (κ2) is 11.3. The lowest BCUT2D eigenvalue weighted by atomic mass is 9.93. The van der Waals surface area contributed by atoms with E-state index >= 15 is 0 Å². The number of hydrogen-bond donors (Lipinski definition) is 2. The van der Waals surface area contributed by atoms with Crippen molar-refractivity contribution in [3.05, 3.63) is 58.9 Å². The van der Waals surface area contributed by atoms with E-state index in [9.17, 15) is 14.0 Å². The standard InChI is InChI=1S/C24H28ClFN2O4/c1-16(24(30)31)32-20-10-7-17(8-11-20)14-28(19-5-3-2-4-6-19)15-23(29)27-22-12-9-18(26)13-21(22)25/h7-13,16,19H,2-6,14-15H2,1H3,(H,27,29)(H,30,31). The van der Waals surface area contributed by atoms with Crippen LogP contribution in [0.3, 0.4) is 0 Å². The van der Waals surface area contributed by atoms with Gasteiger partial charge >= 0.3 is 5.97 Å². The second-order valence-corrected chi connectivity index (χ2v) is 8.52. The minimum absolute atomic E-state index is 0.161. The molecule has 0 saturated heterocycles.